The van der Waals surface area contributed by atoms with Gasteiger partial charge >= 0.3 is 0 Å². The number of aromatic nitrogens is 3. The summed E-state index contributed by atoms with van der Waals surface area (Å²) >= 11 is 9.15. The van der Waals surface area contributed by atoms with Crippen molar-refractivity contribution in [2.24, 2.45) is 0 Å². The van der Waals surface area contributed by atoms with Gasteiger partial charge in [-0.25, -0.2) is 0 Å². The molecule has 0 aliphatic carbocycles. The van der Waals surface area contributed by atoms with E-state index in [0.29, 0.717) is 31.7 Å². The van der Waals surface area contributed by atoms with Crippen molar-refractivity contribution in [2.45, 2.75) is 0 Å². The van der Waals surface area contributed by atoms with Crippen molar-refractivity contribution in [1.82, 2.24) is 15.0 Å². The zero-order chi connectivity index (χ0) is 13.0. The lowest BCUT2D eigenvalue weighted by Crippen LogP contribution is -2.37. The molecule has 0 spiro atoms. The molecule has 1 aromatic rings. The van der Waals surface area contributed by atoms with E-state index in [-0.39, 0.29) is 5.28 Å². The molecule has 0 atom stereocenters. The van der Waals surface area contributed by atoms with Crippen LogP contribution < -0.4 is 10.2 Å². The molecule has 0 radical (unpaired) electrons. The average molecular weight is 335 g/mol. The average Bonchev–Trinajstić information content (AvgIpc) is 2.37. The Labute approximate surface area is 119 Å². The summed E-state index contributed by atoms with van der Waals surface area (Å²) < 4.78 is 6.09. The molecule has 0 bridgehead atoms. The summed E-state index contributed by atoms with van der Waals surface area (Å²) in [4.78, 5) is 14.5. The third-order valence-electron chi connectivity index (χ3n) is 2.33. The van der Waals surface area contributed by atoms with Crippen LogP contribution in [0.3, 0.4) is 0 Å². The van der Waals surface area contributed by atoms with Crippen molar-refractivity contribution < 1.29 is 4.74 Å². The van der Waals surface area contributed by atoms with Crippen molar-refractivity contribution in [3.8, 4) is 0 Å². The maximum atomic E-state index is 5.89. The smallest absolute Gasteiger partial charge is 0.231 e. The van der Waals surface area contributed by atoms with E-state index >= 15 is 0 Å². The third kappa shape index (κ3) is 3.79. The number of morpholine rings is 1. The standard InChI is InChI=1S/C10H13BrClN5O/c1-7(11)6-13-9-14-8(12)15-10(16-9)17-2-4-18-5-3-17/h1-6H2,(H,13,14,15,16). The monoisotopic (exact) mass is 333 g/mol. The van der Waals surface area contributed by atoms with Crippen molar-refractivity contribution in [3.05, 3.63) is 16.3 Å². The van der Waals surface area contributed by atoms with Gasteiger partial charge in [0.25, 0.3) is 0 Å². The summed E-state index contributed by atoms with van der Waals surface area (Å²) in [6.45, 7) is 7.11. The van der Waals surface area contributed by atoms with Gasteiger partial charge in [0.05, 0.1) is 13.2 Å². The molecule has 98 valence electrons. The number of ether oxygens (including phenoxy) is 1. The van der Waals surface area contributed by atoms with Crippen LogP contribution >= 0.6 is 27.5 Å². The van der Waals surface area contributed by atoms with E-state index in [1.54, 1.807) is 0 Å². The molecule has 0 aromatic carbocycles. The lowest BCUT2D eigenvalue weighted by atomic mass is 10.4. The lowest BCUT2D eigenvalue weighted by molar-refractivity contribution is 0.122. The maximum absolute atomic E-state index is 5.89. The molecule has 1 aliphatic rings. The highest BCUT2D eigenvalue weighted by molar-refractivity contribution is 9.11. The van der Waals surface area contributed by atoms with Crippen LogP contribution in [0.4, 0.5) is 11.9 Å². The van der Waals surface area contributed by atoms with Gasteiger partial charge in [-0.3, -0.25) is 0 Å². The molecular weight excluding hydrogens is 322 g/mol. The normalized spacial score (nSPS) is 15.6. The second-order valence-corrected chi connectivity index (χ2v) is 5.16. The first-order valence-electron chi connectivity index (χ1n) is 5.46. The Hall–Kier alpha value is -0.920. The van der Waals surface area contributed by atoms with Crippen molar-refractivity contribution >= 4 is 39.4 Å². The molecular formula is C10H13BrClN5O. The molecule has 1 aromatic heterocycles. The molecule has 6 nitrogen and oxygen atoms in total. The molecule has 18 heavy (non-hydrogen) atoms. The van der Waals surface area contributed by atoms with E-state index in [1.807, 2.05) is 4.90 Å². The zero-order valence-corrected chi connectivity index (χ0v) is 12.0. The largest absolute Gasteiger partial charge is 0.378 e. The minimum Gasteiger partial charge on any atom is -0.378 e. The highest BCUT2D eigenvalue weighted by Gasteiger charge is 2.15. The van der Waals surface area contributed by atoms with Gasteiger partial charge in [-0.15, -0.1) is 0 Å². The quantitative estimate of drug-likeness (QED) is 0.904. The summed E-state index contributed by atoms with van der Waals surface area (Å²) in [5, 5.41) is 3.19. The molecule has 0 unspecified atom stereocenters. The van der Waals surface area contributed by atoms with Gasteiger partial charge in [0, 0.05) is 24.1 Å². The second-order valence-electron chi connectivity index (χ2n) is 3.70. The molecule has 0 saturated carbocycles. The summed E-state index contributed by atoms with van der Waals surface area (Å²) in [7, 11) is 0. The van der Waals surface area contributed by atoms with Gasteiger partial charge in [-0.05, 0) is 11.6 Å². The number of anilines is 2. The SMILES string of the molecule is C=C(Br)CNc1nc(Cl)nc(N2CCOCC2)n1. The highest BCUT2D eigenvalue weighted by Crippen LogP contribution is 2.15. The summed E-state index contributed by atoms with van der Waals surface area (Å²) in [6.07, 6.45) is 0. The fourth-order valence-electron chi connectivity index (χ4n) is 1.50. The van der Waals surface area contributed by atoms with Crippen LogP contribution in [0.25, 0.3) is 0 Å². The Balaban J connectivity index is 2.12. The number of hydrogen-bond donors (Lipinski definition) is 1. The number of nitrogens with zero attached hydrogens (tertiary/aromatic N) is 4. The van der Waals surface area contributed by atoms with Gasteiger partial charge in [0.15, 0.2) is 0 Å². The number of nitrogens with one attached hydrogen (secondary N) is 1. The first-order chi connectivity index (χ1) is 8.65. The van der Waals surface area contributed by atoms with Crippen molar-refractivity contribution in [2.75, 3.05) is 43.1 Å². The number of rotatable bonds is 4. The molecule has 2 rings (SSSR count). The van der Waals surface area contributed by atoms with Crippen LogP contribution in [-0.2, 0) is 4.74 Å². The Bertz CT molecular complexity index is 438. The minimum atomic E-state index is 0.175. The van der Waals surface area contributed by atoms with E-state index in [4.69, 9.17) is 16.3 Å². The van der Waals surface area contributed by atoms with Crippen LogP contribution in [0.2, 0.25) is 5.28 Å². The Morgan fingerprint density at radius 3 is 2.78 bits per heavy atom. The van der Waals surface area contributed by atoms with Crippen molar-refractivity contribution in [1.29, 1.82) is 0 Å². The zero-order valence-electron chi connectivity index (χ0n) is 9.70. The molecule has 1 saturated heterocycles. The van der Waals surface area contributed by atoms with Gasteiger partial charge in [0.2, 0.25) is 17.2 Å². The molecule has 8 heteroatoms. The molecule has 1 aliphatic heterocycles. The summed E-state index contributed by atoms with van der Waals surface area (Å²) in [5.74, 6) is 1.01. The van der Waals surface area contributed by atoms with Crippen LogP contribution in [0.1, 0.15) is 0 Å². The fraction of sp³-hybridized carbons (Fsp3) is 0.500. The number of hydrogen-bond acceptors (Lipinski definition) is 6. The Morgan fingerprint density at radius 1 is 1.39 bits per heavy atom. The van der Waals surface area contributed by atoms with Gasteiger partial charge in [-0.1, -0.05) is 22.5 Å². The maximum Gasteiger partial charge on any atom is 0.231 e. The van der Waals surface area contributed by atoms with Gasteiger partial charge in [0.1, 0.15) is 0 Å². The topological polar surface area (TPSA) is 63.2 Å². The highest BCUT2D eigenvalue weighted by atomic mass is 79.9. The van der Waals surface area contributed by atoms with E-state index in [9.17, 15) is 0 Å². The van der Waals surface area contributed by atoms with Crippen LogP contribution in [0.15, 0.2) is 11.1 Å². The second kappa shape index (κ2) is 6.31. The van der Waals surface area contributed by atoms with E-state index in [0.717, 1.165) is 17.6 Å². The first-order valence-corrected chi connectivity index (χ1v) is 6.63. The molecule has 1 N–H and O–H groups in total. The molecule has 2 heterocycles. The van der Waals surface area contributed by atoms with Gasteiger partial charge in [-0.2, -0.15) is 15.0 Å². The molecule has 1 fully saturated rings. The lowest BCUT2D eigenvalue weighted by Gasteiger charge is -2.26. The van der Waals surface area contributed by atoms with Crippen LogP contribution in [-0.4, -0.2) is 47.8 Å². The Morgan fingerprint density at radius 2 is 2.11 bits per heavy atom. The van der Waals surface area contributed by atoms with Crippen molar-refractivity contribution in [3.63, 3.8) is 0 Å². The fourth-order valence-corrected chi connectivity index (χ4v) is 1.79. The van der Waals surface area contributed by atoms with E-state index in [1.165, 1.54) is 0 Å². The van der Waals surface area contributed by atoms with E-state index < -0.39 is 0 Å². The van der Waals surface area contributed by atoms with Gasteiger partial charge < -0.3 is 15.0 Å². The predicted octanol–water partition coefficient (Wildman–Crippen LogP) is 1.68. The molecule has 0 amide bonds. The van der Waals surface area contributed by atoms with Crippen LogP contribution in [0.5, 0.6) is 0 Å². The summed E-state index contributed by atoms with van der Waals surface area (Å²) in [5.41, 5.74) is 0. The first kappa shape index (κ1) is 13.5. The Kier molecular flexibility index (Phi) is 4.73. The third-order valence-corrected chi connectivity index (χ3v) is 2.78. The number of halogens is 2. The van der Waals surface area contributed by atoms with Crippen LogP contribution in [0, 0.1) is 0 Å². The predicted molar refractivity (Wildman–Crippen MR) is 74.4 cm³/mol. The van der Waals surface area contributed by atoms with E-state index in [2.05, 4.69) is 42.8 Å². The minimum absolute atomic E-state index is 0.175. The summed E-state index contributed by atoms with van der Waals surface area (Å²) in [6, 6.07) is 0.